The first-order valence-corrected chi connectivity index (χ1v) is 10.5. The summed E-state index contributed by atoms with van der Waals surface area (Å²) < 4.78 is 29.7. The number of hydrogen-bond acceptors (Lipinski definition) is 5. The summed E-state index contributed by atoms with van der Waals surface area (Å²) in [5.74, 6) is -0.455. The molecule has 10 heteroatoms. The normalized spacial score (nSPS) is 16.9. The average Bonchev–Trinajstić information content (AvgIpc) is 3.20. The van der Waals surface area contributed by atoms with Crippen LogP contribution < -0.4 is 5.73 Å². The van der Waals surface area contributed by atoms with Gasteiger partial charge in [-0.3, -0.25) is 14.6 Å². The van der Waals surface area contributed by atoms with Gasteiger partial charge in [0.05, 0.1) is 11.4 Å². The molecule has 1 aliphatic rings. The molecule has 0 saturated carbocycles. The summed E-state index contributed by atoms with van der Waals surface area (Å²) in [4.78, 5) is 11.5. The SMILES string of the molecule is Cc1nn(C(C)C)c(C)c1S(=O)(=O)N1CCC(c2cc(C(N)=O)n[nH]2)CC1. The molecule has 0 aromatic carbocycles. The van der Waals surface area contributed by atoms with Crippen molar-refractivity contribution in [2.24, 2.45) is 5.73 Å². The zero-order valence-electron chi connectivity index (χ0n) is 16.1. The standard InChI is InChI=1S/C17H26N6O3S/c1-10(2)23-12(4)16(11(3)21-23)27(25,26)22-7-5-13(6-8-22)14-9-15(17(18)24)20-19-14/h9-10,13H,5-8H2,1-4H3,(H2,18,24)(H,19,20). The van der Waals surface area contributed by atoms with Crippen molar-refractivity contribution in [2.45, 2.75) is 57.4 Å². The van der Waals surface area contributed by atoms with Crippen molar-refractivity contribution < 1.29 is 13.2 Å². The summed E-state index contributed by atoms with van der Waals surface area (Å²) >= 11 is 0. The smallest absolute Gasteiger partial charge is 0.269 e. The summed E-state index contributed by atoms with van der Waals surface area (Å²) in [5.41, 5.74) is 7.46. The molecule has 1 amide bonds. The summed E-state index contributed by atoms with van der Waals surface area (Å²) in [6, 6.07) is 1.75. The number of primary amides is 1. The first-order chi connectivity index (χ1) is 12.6. The van der Waals surface area contributed by atoms with Gasteiger partial charge >= 0.3 is 0 Å². The summed E-state index contributed by atoms with van der Waals surface area (Å²) in [5, 5.41) is 11.2. The van der Waals surface area contributed by atoms with Gasteiger partial charge in [0.15, 0.2) is 0 Å². The maximum atomic E-state index is 13.2. The number of aryl methyl sites for hydroxylation is 1. The van der Waals surface area contributed by atoms with Gasteiger partial charge in [-0.25, -0.2) is 8.42 Å². The van der Waals surface area contributed by atoms with E-state index in [4.69, 9.17) is 5.73 Å². The van der Waals surface area contributed by atoms with E-state index in [9.17, 15) is 13.2 Å². The third-order valence-corrected chi connectivity index (χ3v) is 7.24. The predicted molar refractivity (Wildman–Crippen MR) is 99.9 cm³/mol. The fourth-order valence-corrected chi connectivity index (χ4v) is 5.56. The maximum absolute atomic E-state index is 13.2. The Balaban J connectivity index is 1.78. The molecule has 1 fully saturated rings. The molecule has 0 atom stereocenters. The van der Waals surface area contributed by atoms with Crippen LogP contribution >= 0.6 is 0 Å². The minimum Gasteiger partial charge on any atom is -0.364 e. The van der Waals surface area contributed by atoms with Gasteiger partial charge in [-0.15, -0.1) is 0 Å². The van der Waals surface area contributed by atoms with Crippen molar-refractivity contribution in [3.8, 4) is 0 Å². The number of nitrogens with one attached hydrogen (secondary N) is 1. The molecule has 1 saturated heterocycles. The molecule has 0 unspecified atom stereocenters. The second-order valence-corrected chi connectivity index (χ2v) is 9.16. The predicted octanol–water partition coefficient (Wildman–Crippen LogP) is 1.47. The van der Waals surface area contributed by atoms with Gasteiger partial charge in [0.25, 0.3) is 5.91 Å². The summed E-state index contributed by atoms with van der Waals surface area (Å²) in [6.07, 6.45) is 1.30. The minimum atomic E-state index is -3.60. The van der Waals surface area contributed by atoms with Crippen LogP contribution in [0.2, 0.25) is 0 Å². The van der Waals surface area contributed by atoms with Gasteiger partial charge in [-0.2, -0.15) is 14.5 Å². The van der Waals surface area contributed by atoms with Gasteiger partial charge in [-0.1, -0.05) is 0 Å². The quantitative estimate of drug-likeness (QED) is 0.794. The first kappa shape index (κ1) is 19.6. The van der Waals surface area contributed by atoms with Crippen LogP contribution in [0.15, 0.2) is 11.0 Å². The van der Waals surface area contributed by atoms with Crippen LogP contribution in [0.1, 0.15) is 66.2 Å². The molecule has 2 aromatic heterocycles. The number of sulfonamides is 1. The van der Waals surface area contributed by atoms with E-state index >= 15 is 0 Å². The lowest BCUT2D eigenvalue weighted by Gasteiger charge is -2.30. The number of carbonyl (C=O) groups excluding carboxylic acids is 1. The molecule has 0 bridgehead atoms. The van der Waals surface area contributed by atoms with Crippen LogP contribution in [0.5, 0.6) is 0 Å². The molecule has 3 N–H and O–H groups in total. The van der Waals surface area contributed by atoms with E-state index in [1.165, 1.54) is 4.31 Å². The molecule has 3 heterocycles. The Morgan fingerprint density at radius 2 is 1.93 bits per heavy atom. The van der Waals surface area contributed by atoms with E-state index in [2.05, 4.69) is 15.3 Å². The molecular formula is C17H26N6O3S. The van der Waals surface area contributed by atoms with Gasteiger partial charge in [0.1, 0.15) is 10.6 Å². The maximum Gasteiger partial charge on any atom is 0.269 e. The molecule has 1 aliphatic heterocycles. The number of aromatic amines is 1. The van der Waals surface area contributed by atoms with E-state index < -0.39 is 15.9 Å². The second-order valence-electron chi connectivity index (χ2n) is 7.29. The number of H-pyrrole nitrogens is 1. The molecule has 27 heavy (non-hydrogen) atoms. The second kappa shape index (κ2) is 7.08. The Hall–Kier alpha value is -2.20. The molecule has 3 rings (SSSR count). The molecule has 148 valence electrons. The molecule has 0 radical (unpaired) electrons. The molecule has 2 aromatic rings. The average molecular weight is 395 g/mol. The van der Waals surface area contributed by atoms with Gasteiger partial charge in [0, 0.05) is 30.7 Å². The Bertz CT molecular complexity index is 951. The van der Waals surface area contributed by atoms with Crippen LogP contribution in [0.4, 0.5) is 0 Å². The van der Waals surface area contributed by atoms with Crippen molar-refractivity contribution >= 4 is 15.9 Å². The minimum absolute atomic E-state index is 0.0956. The topological polar surface area (TPSA) is 127 Å². The molecule has 9 nitrogen and oxygen atoms in total. The van der Waals surface area contributed by atoms with Crippen LogP contribution in [0.3, 0.4) is 0 Å². The van der Waals surface area contributed by atoms with Crippen molar-refractivity contribution in [2.75, 3.05) is 13.1 Å². The Morgan fingerprint density at radius 3 is 2.41 bits per heavy atom. The van der Waals surface area contributed by atoms with Crippen molar-refractivity contribution in [3.05, 3.63) is 28.8 Å². The fourth-order valence-electron chi connectivity index (χ4n) is 3.73. The highest BCUT2D eigenvalue weighted by Gasteiger charge is 2.34. The molecular weight excluding hydrogens is 368 g/mol. The van der Waals surface area contributed by atoms with Crippen LogP contribution in [0, 0.1) is 13.8 Å². The van der Waals surface area contributed by atoms with Gasteiger partial charge in [0.2, 0.25) is 10.0 Å². The van der Waals surface area contributed by atoms with E-state index in [1.807, 2.05) is 13.8 Å². The van der Waals surface area contributed by atoms with Gasteiger partial charge in [-0.05, 0) is 46.6 Å². The van der Waals surface area contributed by atoms with Crippen molar-refractivity contribution in [3.63, 3.8) is 0 Å². The van der Waals surface area contributed by atoms with E-state index in [1.54, 1.807) is 24.6 Å². The fraction of sp³-hybridized carbons (Fsp3) is 0.588. The van der Waals surface area contributed by atoms with Crippen molar-refractivity contribution in [1.82, 2.24) is 24.3 Å². The Morgan fingerprint density at radius 1 is 1.30 bits per heavy atom. The number of aromatic nitrogens is 4. The number of carbonyl (C=O) groups is 1. The number of piperidine rings is 1. The number of nitrogens with zero attached hydrogens (tertiary/aromatic N) is 4. The molecule has 0 spiro atoms. The zero-order valence-corrected chi connectivity index (χ0v) is 16.9. The highest BCUT2D eigenvalue weighted by atomic mass is 32.2. The van der Waals surface area contributed by atoms with E-state index in [0.717, 1.165) is 5.69 Å². The molecule has 0 aliphatic carbocycles. The van der Waals surface area contributed by atoms with Gasteiger partial charge < -0.3 is 5.73 Å². The lowest BCUT2D eigenvalue weighted by molar-refractivity contribution is 0.0995. The van der Waals surface area contributed by atoms with E-state index in [-0.39, 0.29) is 17.7 Å². The Kier molecular flexibility index (Phi) is 5.13. The summed E-state index contributed by atoms with van der Waals surface area (Å²) in [7, 11) is -3.60. The number of amides is 1. The van der Waals surface area contributed by atoms with Crippen molar-refractivity contribution in [1.29, 1.82) is 0 Å². The van der Waals surface area contributed by atoms with Crippen LogP contribution in [-0.4, -0.2) is 51.7 Å². The van der Waals surface area contributed by atoms with Crippen LogP contribution in [-0.2, 0) is 10.0 Å². The number of nitrogens with two attached hydrogens (primary N) is 1. The third-order valence-electron chi connectivity index (χ3n) is 5.09. The Labute approximate surface area is 159 Å². The third kappa shape index (κ3) is 3.51. The number of rotatable bonds is 5. The largest absolute Gasteiger partial charge is 0.364 e. The monoisotopic (exact) mass is 394 g/mol. The highest BCUT2D eigenvalue weighted by Crippen LogP contribution is 2.32. The summed E-state index contributed by atoms with van der Waals surface area (Å²) in [6.45, 7) is 8.31. The highest BCUT2D eigenvalue weighted by molar-refractivity contribution is 7.89. The van der Waals surface area contributed by atoms with E-state index in [0.29, 0.717) is 42.2 Å². The van der Waals surface area contributed by atoms with Crippen LogP contribution in [0.25, 0.3) is 0 Å². The lowest BCUT2D eigenvalue weighted by atomic mass is 9.94. The lowest BCUT2D eigenvalue weighted by Crippen LogP contribution is -2.38. The number of hydrogen-bond donors (Lipinski definition) is 2. The zero-order chi connectivity index (χ0) is 19.9. The first-order valence-electron chi connectivity index (χ1n) is 9.04.